The number of benzene rings is 1. The Hall–Kier alpha value is -2.88. The summed E-state index contributed by atoms with van der Waals surface area (Å²) < 4.78 is 33.9. The highest BCUT2D eigenvalue weighted by Crippen LogP contribution is 2.32. The van der Waals surface area contributed by atoms with E-state index >= 15 is 0 Å². The van der Waals surface area contributed by atoms with Crippen LogP contribution in [0.15, 0.2) is 53.9 Å². The molecule has 156 valence electrons. The van der Waals surface area contributed by atoms with Crippen LogP contribution in [0.5, 0.6) is 0 Å². The molecule has 0 aliphatic carbocycles. The Morgan fingerprint density at radius 3 is 2.73 bits per heavy atom. The van der Waals surface area contributed by atoms with Crippen LogP contribution in [0.4, 0.5) is 5.82 Å². The number of nitrogens with zero attached hydrogens (tertiary/aromatic N) is 4. The molecule has 3 heterocycles. The van der Waals surface area contributed by atoms with Crippen molar-refractivity contribution >= 4 is 15.8 Å². The van der Waals surface area contributed by atoms with Crippen molar-refractivity contribution in [3.63, 3.8) is 0 Å². The Morgan fingerprint density at radius 1 is 1.13 bits per heavy atom. The Morgan fingerprint density at radius 2 is 1.97 bits per heavy atom. The van der Waals surface area contributed by atoms with Crippen molar-refractivity contribution in [3.8, 4) is 11.1 Å². The summed E-state index contributed by atoms with van der Waals surface area (Å²) in [5.74, 6) is 0.380. The van der Waals surface area contributed by atoms with Crippen molar-refractivity contribution in [3.05, 3.63) is 65.9 Å². The Kier molecular flexibility index (Phi) is 5.50. The van der Waals surface area contributed by atoms with E-state index in [9.17, 15) is 8.42 Å². The number of morpholine rings is 1. The molecule has 1 saturated heterocycles. The van der Waals surface area contributed by atoms with E-state index in [-0.39, 0.29) is 24.6 Å². The van der Waals surface area contributed by atoms with Crippen molar-refractivity contribution in [2.45, 2.75) is 24.8 Å². The summed E-state index contributed by atoms with van der Waals surface area (Å²) in [5.41, 5.74) is 9.97. The molecule has 1 aliphatic heterocycles. The fourth-order valence-electron chi connectivity index (χ4n) is 3.47. The lowest BCUT2D eigenvalue weighted by Gasteiger charge is -2.32. The SMILES string of the molecule is Cc1ccc(S(=O)(=O)N2CCO[C@H](c3ncncc3-c3ccnc(N)c3)C2)cc1C. The second-order valence-electron chi connectivity index (χ2n) is 7.26. The molecule has 0 radical (unpaired) electrons. The second kappa shape index (κ2) is 8.10. The molecule has 3 aromatic rings. The Bertz CT molecular complexity index is 1180. The quantitative estimate of drug-likeness (QED) is 0.683. The van der Waals surface area contributed by atoms with Gasteiger partial charge >= 0.3 is 0 Å². The van der Waals surface area contributed by atoms with Crippen LogP contribution in [0.1, 0.15) is 22.9 Å². The van der Waals surface area contributed by atoms with Crippen molar-refractivity contribution < 1.29 is 13.2 Å². The van der Waals surface area contributed by atoms with Crippen LogP contribution in [-0.4, -0.2) is 47.4 Å². The maximum absolute atomic E-state index is 13.2. The standard InChI is InChI=1S/C21H23N5O3S/c1-14-3-4-17(9-15(14)2)30(27,28)26-7-8-29-19(12-26)21-18(11-23-13-25-21)16-5-6-24-20(22)10-16/h3-6,9-11,13,19H,7-8,12H2,1-2H3,(H2,22,24)/t19-/m0/s1. The molecule has 0 amide bonds. The second-order valence-corrected chi connectivity index (χ2v) is 9.20. The van der Waals surface area contributed by atoms with Crippen molar-refractivity contribution in [2.24, 2.45) is 0 Å². The molecule has 4 rings (SSSR count). The lowest BCUT2D eigenvalue weighted by molar-refractivity contribution is -0.00467. The minimum Gasteiger partial charge on any atom is -0.384 e. The van der Waals surface area contributed by atoms with Crippen LogP contribution in [0.25, 0.3) is 11.1 Å². The number of aryl methyl sites for hydroxylation is 2. The van der Waals surface area contributed by atoms with Gasteiger partial charge in [0.2, 0.25) is 10.0 Å². The van der Waals surface area contributed by atoms with Crippen LogP contribution >= 0.6 is 0 Å². The highest BCUT2D eigenvalue weighted by molar-refractivity contribution is 7.89. The summed E-state index contributed by atoms with van der Waals surface area (Å²) in [6.45, 7) is 4.59. The first-order chi connectivity index (χ1) is 14.4. The molecule has 8 nitrogen and oxygen atoms in total. The number of ether oxygens (including phenoxy) is 1. The van der Waals surface area contributed by atoms with Gasteiger partial charge in [0, 0.05) is 31.0 Å². The summed E-state index contributed by atoms with van der Waals surface area (Å²) in [5, 5.41) is 0. The molecule has 30 heavy (non-hydrogen) atoms. The lowest BCUT2D eigenvalue weighted by Crippen LogP contribution is -2.42. The van der Waals surface area contributed by atoms with E-state index in [1.807, 2.05) is 26.0 Å². The topological polar surface area (TPSA) is 111 Å². The van der Waals surface area contributed by atoms with Crippen molar-refractivity contribution in [1.29, 1.82) is 0 Å². The first kappa shape index (κ1) is 20.4. The number of rotatable bonds is 4. The van der Waals surface area contributed by atoms with Gasteiger partial charge in [0.25, 0.3) is 0 Å². The molecule has 1 fully saturated rings. The third-order valence-corrected chi connectivity index (χ3v) is 7.15. The third kappa shape index (κ3) is 3.91. The summed E-state index contributed by atoms with van der Waals surface area (Å²) in [7, 11) is -3.65. The van der Waals surface area contributed by atoms with E-state index in [1.54, 1.807) is 30.6 Å². The molecule has 9 heteroatoms. The fraction of sp³-hybridized carbons (Fsp3) is 0.286. The monoisotopic (exact) mass is 425 g/mol. The molecule has 0 spiro atoms. The zero-order valence-electron chi connectivity index (χ0n) is 16.8. The average molecular weight is 426 g/mol. The molecule has 1 aromatic carbocycles. The first-order valence-corrected chi connectivity index (χ1v) is 11.0. The average Bonchev–Trinajstić information content (AvgIpc) is 2.75. The van der Waals surface area contributed by atoms with E-state index in [2.05, 4.69) is 15.0 Å². The van der Waals surface area contributed by atoms with Crippen LogP contribution < -0.4 is 5.73 Å². The molecule has 2 N–H and O–H groups in total. The number of anilines is 1. The van der Waals surface area contributed by atoms with Crippen LogP contribution in [-0.2, 0) is 14.8 Å². The van der Waals surface area contributed by atoms with Gasteiger partial charge in [-0.1, -0.05) is 6.07 Å². The molecule has 1 aliphatic rings. The predicted octanol–water partition coefficient (Wildman–Crippen LogP) is 2.50. The van der Waals surface area contributed by atoms with Gasteiger partial charge < -0.3 is 10.5 Å². The zero-order chi connectivity index (χ0) is 21.3. The van der Waals surface area contributed by atoms with Gasteiger partial charge in [0.1, 0.15) is 18.2 Å². The van der Waals surface area contributed by atoms with Gasteiger partial charge in [0.15, 0.2) is 0 Å². The van der Waals surface area contributed by atoms with Crippen LogP contribution in [0.3, 0.4) is 0 Å². The number of nitrogen functional groups attached to an aromatic ring is 1. The molecule has 0 saturated carbocycles. The minimum atomic E-state index is -3.65. The summed E-state index contributed by atoms with van der Waals surface area (Å²) in [4.78, 5) is 12.8. The van der Waals surface area contributed by atoms with Crippen molar-refractivity contribution in [2.75, 3.05) is 25.4 Å². The van der Waals surface area contributed by atoms with E-state index in [1.165, 1.54) is 10.6 Å². The maximum Gasteiger partial charge on any atom is 0.243 e. The molecular weight excluding hydrogens is 402 g/mol. The van der Waals surface area contributed by atoms with Gasteiger partial charge in [-0.2, -0.15) is 4.31 Å². The Balaban J connectivity index is 1.66. The highest BCUT2D eigenvalue weighted by Gasteiger charge is 2.33. The number of hydrogen-bond donors (Lipinski definition) is 1. The molecule has 1 atom stereocenters. The Labute approximate surface area is 175 Å². The summed E-state index contributed by atoms with van der Waals surface area (Å²) in [6.07, 6.45) is 4.20. The normalized spacial score (nSPS) is 17.7. The van der Waals surface area contributed by atoms with Gasteiger partial charge in [0.05, 0.1) is 17.2 Å². The highest BCUT2D eigenvalue weighted by atomic mass is 32.2. The van der Waals surface area contributed by atoms with E-state index in [0.717, 1.165) is 22.3 Å². The molecule has 0 unspecified atom stereocenters. The third-order valence-electron chi connectivity index (χ3n) is 5.29. The first-order valence-electron chi connectivity index (χ1n) is 9.57. The number of aromatic nitrogens is 3. The lowest BCUT2D eigenvalue weighted by atomic mass is 10.0. The number of sulfonamides is 1. The number of pyridine rings is 1. The maximum atomic E-state index is 13.2. The predicted molar refractivity (Wildman–Crippen MR) is 113 cm³/mol. The van der Waals surface area contributed by atoms with Crippen LogP contribution in [0, 0.1) is 13.8 Å². The molecule has 0 bridgehead atoms. The van der Waals surface area contributed by atoms with Gasteiger partial charge in [-0.05, 0) is 54.8 Å². The number of nitrogens with two attached hydrogens (primary N) is 1. The van der Waals surface area contributed by atoms with Crippen molar-refractivity contribution in [1.82, 2.24) is 19.3 Å². The van der Waals surface area contributed by atoms with Gasteiger partial charge in [-0.25, -0.2) is 23.4 Å². The molecule has 2 aromatic heterocycles. The smallest absolute Gasteiger partial charge is 0.243 e. The van der Waals surface area contributed by atoms with Gasteiger partial charge in [-0.3, -0.25) is 0 Å². The largest absolute Gasteiger partial charge is 0.384 e. The number of hydrogen-bond acceptors (Lipinski definition) is 7. The van der Waals surface area contributed by atoms with Gasteiger partial charge in [-0.15, -0.1) is 0 Å². The zero-order valence-corrected chi connectivity index (χ0v) is 17.6. The minimum absolute atomic E-state index is 0.167. The van der Waals surface area contributed by atoms with E-state index in [0.29, 0.717) is 11.5 Å². The summed E-state index contributed by atoms with van der Waals surface area (Å²) in [6, 6.07) is 8.74. The summed E-state index contributed by atoms with van der Waals surface area (Å²) >= 11 is 0. The van der Waals surface area contributed by atoms with E-state index in [4.69, 9.17) is 10.5 Å². The molecular formula is C21H23N5O3S. The fourth-order valence-corrected chi connectivity index (χ4v) is 4.98. The van der Waals surface area contributed by atoms with Crippen LogP contribution in [0.2, 0.25) is 0 Å². The van der Waals surface area contributed by atoms with E-state index < -0.39 is 16.1 Å².